The Morgan fingerprint density at radius 2 is 1.04 bits per heavy atom. The monoisotopic (exact) mass is 811 g/mol. The molecule has 3 unspecified atom stereocenters. The molecule has 8 nitrogen and oxygen atoms in total. The van der Waals surface area contributed by atoms with E-state index >= 15 is 0 Å². The Hall–Kier alpha value is -1.28. The van der Waals surface area contributed by atoms with Crippen molar-refractivity contribution in [2.45, 2.75) is 219 Å². The Balaban J connectivity index is 4.01. The van der Waals surface area contributed by atoms with Crippen LogP contribution in [0.25, 0.3) is 0 Å². The lowest BCUT2D eigenvalue weighted by Gasteiger charge is -2.29. The van der Waals surface area contributed by atoms with Crippen molar-refractivity contribution < 1.29 is 32.9 Å². The van der Waals surface area contributed by atoms with E-state index in [1.807, 2.05) is 27.2 Å². The van der Waals surface area contributed by atoms with E-state index in [1.54, 1.807) is 6.08 Å². The summed E-state index contributed by atoms with van der Waals surface area (Å²) in [7, 11) is 1.24. The minimum atomic E-state index is -4.58. The minimum Gasteiger partial charge on any atom is -0.756 e. The molecule has 0 aromatic carbocycles. The first-order chi connectivity index (χ1) is 27.0. The van der Waals surface area contributed by atoms with Crippen LogP contribution in [-0.4, -0.2) is 68.5 Å². The first-order valence-electron chi connectivity index (χ1n) is 23.4. The molecule has 0 spiro atoms. The molecule has 0 radical (unpaired) electrons. The Morgan fingerprint density at radius 3 is 1.52 bits per heavy atom. The number of nitrogens with one attached hydrogen (secondary N) is 1. The number of hydrogen-bond donors (Lipinski definition) is 2. The zero-order chi connectivity index (χ0) is 41.4. The maximum absolute atomic E-state index is 12.8. The topological polar surface area (TPSA) is 108 Å². The van der Waals surface area contributed by atoms with Crippen molar-refractivity contribution in [3.8, 4) is 0 Å². The van der Waals surface area contributed by atoms with Gasteiger partial charge in [0, 0.05) is 6.42 Å². The number of amides is 1. The Labute approximate surface area is 347 Å². The first kappa shape index (κ1) is 54.7. The molecule has 0 aliphatic carbocycles. The number of aliphatic hydroxyl groups is 1. The fraction of sp³-hybridized carbons (Fsp3) is 0.851. The fourth-order valence-corrected chi connectivity index (χ4v) is 7.31. The normalized spacial score (nSPS) is 14.6. The van der Waals surface area contributed by atoms with E-state index in [0.717, 1.165) is 44.9 Å². The van der Waals surface area contributed by atoms with Crippen LogP contribution in [0.3, 0.4) is 0 Å². The van der Waals surface area contributed by atoms with Crippen LogP contribution in [0.5, 0.6) is 0 Å². The molecule has 0 rings (SSSR count). The lowest BCUT2D eigenvalue weighted by molar-refractivity contribution is -0.870. The van der Waals surface area contributed by atoms with Crippen molar-refractivity contribution in [3.63, 3.8) is 0 Å². The zero-order valence-electron chi connectivity index (χ0n) is 37.3. The molecule has 330 valence electrons. The highest BCUT2D eigenvalue weighted by molar-refractivity contribution is 7.45. The number of allylic oxidation sites excluding steroid dienone is 5. The van der Waals surface area contributed by atoms with Crippen LogP contribution in [-0.2, 0) is 18.4 Å². The van der Waals surface area contributed by atoms with Crippen LogP contribution in [0.2, 0.25) is 0 Å². The van der Waals surface area contributed by atoms with Crippen molar-refractivity contribution in [2.75, 3.05) is 40.9 Å². The molecule has 0 saturated heterocycles. The lowest BCUT2D eigenvalue weighted by Crippen LogP contribution is -2.45. The number of hydrogen-bond acceptors (Lipinski definition) is 6. The summed E-state index contributed by atoms with van der Waals surface area (Å²) < 4.78 is 23.0. The quantitative estimate of drug-likeness (QED) is 0.0275. The third-order valence-corrected chi connectivity index (χ3v) is 11.3. The molecule has 3 atom stereocenters. The summed E-state index contributed by atoms with van der Waals surface area (Å²) in [6, 6.07) is -0.898. The molecule has 0 bridgehead atoms. The summed E-state index contributed by atoms with van der Waals surface area (Å²) >= 11 is 0. The van der Waals surface area contributed by atoms with Crippen molar-refractivity contribution >= 4 is 13.7 Å². The summed E-state index contributed by atoms with van der Waals surface area (Å²) in [5.41, 5.74) is 0. The maximum Gasteiger partial charge on any atom is 0.268 e. The molecule has 0 aromatic rings. The van der Waals surface area contributed by atoms with Gasteiger partial charge in [-0.25, -0.2) is 0 Å². The van der Waals surface area contributed by atoms with Gasteiger partial charge in [-0.05, 0) is 51.4 Å². The molecular formula is C47H91N2O6P. The molecule has 0 aliphatic heterocycles. The van der Waals surface area contributed by atoms with Gasteiger partial charge in [0.25, 0.3) is 7.82 Å². The number of quaternary nitrogens is 1. The summed E-state index contributed by atoms with van der Waals surface area (Å²) in [6.07, 6.45) is 48.2. The van der Waals surface area contributed by atoms with E-state index in [4.69, 9.17) is 9.05 Å². The van der Waals surface area contributed by atoms with Crippen molar-refractivity contribution in [2.24, 2.45) is 0 Å². The highest BCUT2D eigenvalue weighted by atomic mass is 31.2. The van der Waals surface area contributed by atoms with E-state index in [1.165, 1.54) is 141 Å². The number of phosphoric acid groups is 1. The molecular weight excluding hydrogens is 719 g/mol. The van der Waals surface area contributed by atoms with Gasteiger partial charge in [-0.1, -0.05) is 185 Å². The van der Waals surface area contributed by atoms with Crippen molar-refractivity contribution in [3.05, 3.63) is 36.5 Å². The standard InChI is InChI=1S/C47H91N2O6P/c1-6-8-10-12-14-15-16-17-18-19-20-21-22-23-24-25-26-27-28-29-30-31-32-33-35-37-39-41-47(51)48-45(46(50)40-38-36-34-13-11-9-7-2)44-55-56(52,53)54-43-42-49(3,4)5/h11,13,19-20,38,40,45-46,50H,6-10,12,14-18,21-37,39,41-44H2,1-5H3,(H-,48,51,52,53)/b13-11+,20-19-,40-38+. The number of carbonyl (C=O) groups excluding carboxylic acids is 1. The molecule has 1 amide bonds. The fourth-order valence-electron chi connectivity index (χ4n) is 6.58. The molecule has 0 aromatic heterocycles. The van der Waals surface area contributed by atoms with E-state index in [0.29, 0.717) is 17.4 Å². The van der Waals surface area contributed by atoms with Gasteiger partial charge in [-0.2, -0.15) is 0 Å². The van der Waals surface area contributed by atoms with Gasteiger partial charge >= 0.3 is 0 Å². The largest absolute Gasteiger partial charge is 0.756 e. The number of carbonyl (C=O) groups is 1. The number of nitrogens with zero attached hydrogens (tertiary/aromatic N) is 1. The van der Waals surface area contributed by atoms with Gasteiger partial charge in [0.15, 0.2) is 0 Å². The van der Waals surface area contributed by atoms with Crippen molar-refractivity contribution in [1.82, 2.24) is 5.32 Å². The average molecular weight is 811 g/mol. The molecule has 0 fully saturated rings. The smallest absolute Gasteiger partial charge is 0.268 e. The average Bonchev–Trinajstić information content (AvgIpc) is 3.15. The number of rotatable bonds is 42. The minimum absolute atomic E-state index is 0.00644. The van der Waals surface area contributed by atoms with Crippen LogP contribution >= 0.6 is 7.82 Å². The summed E-state index contributed by atoms with van der Waals surface area (Å²) in [5.74, 6) is -0.211. The number of likely N-dealkylation sites (N-methyl/N-ethyl adjacent to an activating group) is 1. The highest BCUT2D eigenvalue weighted by Crippen LogP contribution is 2.38. The Morgan fingerprint density at radius 1 is 0.607 bits per heavy atom. The van der Waals surface area contributed by atoms with Gasteiger partial charge in [0.2, 0.25) is 5.91 Å². The van der Waals surface area contributed by atoms with Crippen LogP contribution in [0.1, 0.15) is 206 Å². The molecule has 56 heavy (non-hydrogen) atoms. The lowest BCUT2D eigenvalue weighted by atomic mass is 10.0. The maximum atomic E-state index is 12.8. The summed E-state index contributed by atoms with van der Waals surface area (Å²) in [6.45, 7) is 4.51. The van der Waals surface area contributed by atoms with Gasteiger partial charge in [0.1, 0.15) is 13.2 Å². The second-order valence-electron chi connectivity index (χ2n) is 17.1. The predicted octanol–water partition coefficient (Wildman–Crippen LogP) is 12.5. The highest BCUT2D eigenvalue weighted by Gasteiger charge is 2.23. The second-order valence-corrected chi connectivity index (χ2v) is 18.5. The van der Waals surface area contributed by atoms with E-state index < -0.39 is 26.6 Å². The number of phosphoric ester groups is 1. The van der Waals surface area contributed by atoms with Crippen LogP contribution in [0, 0.1) is 0 Å². The summed E-state index contributed by atoms with van der Waals surface area (Å²) in [4.78, 5) is 25.2. The van der Waals surface area contributed by atoms with E-state index in [9.17, 15) is 19.4 Å². The SMILES string of the molecule is CCC/C=C/CC/C=C/C(O)C(COP(=O)([O-])OCC[N+](C)(C)C)NC(=O)CCCCCCCCCCCCCCCCC/C=C\CCCCCCCCCC. The van der Waals surface area contributed by atoms with Gasteiger partial charge in [-0.3, -0.25) is 9.36 Å². The van der Waals surface area contributed by atoms with Crippen LogP contribution < -0.4 is 10.2 Å². The molecule has 2 N–H and O–H groups in total. The van der Waals surface area contributed by atoms with Gasteiger partial charge < -0.3 is 28.8 Å². The van der Waals surface area contributed by atoms with E-state index in [-0.39, 0.29) is 12.5 Å². The van der Waals surface area contributed by atoms with Crippen LogP contribution in [0.4, 0.5) is 0 Å². The Bertz CT molecular complexity index is 1010. The third-order valence-electron chi connectivity index (χ3n) is 10.3. The predicted molar refractivity (Wildman–Crippen MR) is 238 cm³/mol. The van der Waals surface area contributed by atoms with Crippen molar-refractivity contribution in [1.29, 1.82) is 0 Å². The number of aliphatic hydroxyl groups excluding tert-OH is 1. The zero-order valence-corrected chi connectivity index (χ0v) is 38.2. The molecule has 9 heteroatoms. The molecule has 0 aliphatic rings. The van der Waals surface area contributed by atoms with Crippen LogP contribution in [0.15, 0.2) is 36.5 Å². The van der Waals surface area contributed by atoms with Gasteiger partial charge in [-0.15, -0.1) is 0 Å². The first-order valence-corrected chi connectivity index (χ1v) is 24.8. The molecule has 0 heterocycles. The Kier molecular flexibility index (Phi) is 38.3. The molecule has 0 saturated carbocycles. The third kappa shape index (κ3) is 40.9. The summed E-state index contributed by atoms with van der Waals surface area (Å²) in [5, 5.41) is 13.6. The van der Waals surface area contributed by atoms with Gasteiger partial charge in [0.05, 0.1) is 39.9 Å². The second kappa shape index (κ2) is 39.2. The number of unbranched alkanes of at least 4 members (excludes halogenated alkanes) is 25. The van der Waals surface area contributed by atoms with E-state index in [2.05, 4.69) is 43.5 Å².